The van der Waals surface area contributed by atoms with E-state index in [1.165, 1.54) is 27.1 Å². The molecule has 3 nitrogen and oxygen atoms in total. The average molecular weight is 579 g/mol. The van der Waals surface area contributed by atoms with Crippen LogP contribution in [-0.2, 0) is 20.4 Å². The molecule has 0 aliphatic carbocycles. The maximum absolute atomic E-state index is 13.3. The van der Waals surface area contributed by atoms with Gasteiger partial charge < -0.3 is 9.16 Å². The molecule has 0 aliphatic heterocycles. The van der Waals surface area contributed by atoms with Crippen LogP contribution in [0, 0.1) is 5.92 Å². The molecule has 0 amide bonds. The van der Waals surface area contributed by atoms with Crippen LogP contribution in [0.5, 0.6) is 0 Å². The Morgan fingerprint density at radius 1 is 0.690 bits per heavy atom. The molecule has 0 saturated heterocycles. The van der Waals surface area contributed by atoms with Crippen LogP contribution in [0.25, 0.3) is 11.1 Å². The molecule has 4 rings (SSSR count). The molecule has 0 radical (unpaired) electrons. The molecule has 0 bridgehead atoms. The molecule has 0 N–H and O–H groups in total. The first-order valence-electron chi connectivity index (χ1n) is 15.1. The molecule has 0 fully saturated rings. The molecule has 0 aliphatic rings. The number of carbonyl (C=O) groups is 1. The number of ether oxygens (including phenoxy) is 1. The Morgan fingerprint density at radius 3 is 1.67 bits per heavy atom. The summed E-state index contributed by atoms with van der Waals surface area (Å²) in [6, 6.07) is 40.5. The SMILES string of the molecule is C[C@H](C[C@H](Cc1ccccc1-c1ccccc1)O[Si](c1ccccc1)(c1ccccc1)C(C)(C)C)C(=O)OC(C)(C)C. The fourth-order valence-corrected chi connectivity index (χ4v) is 10.5. The molecule has 4 heteroatoms. The number of esters is 1. The van der Waals surface area contributed by atoms with Crippen LogP contribution in [-0.4, -0.2) is 26.0 Å². The van der Waals surface area contributed by atoms with Gasteiger partial charge in [0.2, 0.25) is 0 Å². The Labute approximate surface area is 254 Å². The topological polar surface area (TPSA) is 35.5 Å². The third-order valence-electron chi connectivity index (χ3n) is 7.74. The third-order valence-corrected chi connectivity index (χ3v) is 12.8. The van der Waals surface area contributed by atoms with Gasteiger partial charge in [0.15, 0.2) is 0 Å². The van der Waals surface area contributed by atoms with Crippen LogP contribution in [0.1, 0.15) is 60.5 Å². The van der Waals surface area contributed by atoms with E-state index in [4.69, 9.17) is 9.16 Å². The minimum atomic E-state index is -2.86. The van der Waals surface area contributed by atoms with E-state index in [-0.39, 0.29) is 23.0 Å². The number of carbonyl (C=O) groups excluding carboxylic acids is 1. The van der Waals surface area contributed by atoms with E-state index in [2.05, 4.69) is 130 Å². The molecular weight excluding hydrogens is 533 g/mol. The van der Waals surface area contributed by atoms with Gasteiger partial charge in [0.1, 0.15) is 5.60 Å². The second kappa shape index (κ2) is 13.2. The largest absolute Gasteiger partial charge is 0.460 e. The van der Waals surface area contributed by atoms with Gasteiger partial charge >= 0.3 is 5.97 Å². The average Bonchev–Trinajstić information content (AvgIpc) is 2.96. The molecule has 0 saturated carbocycles. The quantitative estimate of drug-likeness (QED) is 0.141. The molecule has 0 spiro atoms. The van der Waals surface area contributed by atoms with Crippen LogP contribution >= 0.6 is 0 Å². The lowest BCUT2D eigenvalue weighted by Gasteiger charge is -2.45. The highest BCUT2D eigenvalue weighted by Gasteiger charge is 2.51. The Bertz CT molecular complexity index is 1380. The van der Waals surface area contributed by atoms with E-state index < -0.39 is 13.9 Å². The van der Waals surface area contributed by atoms with Gasteiger partial charge in [-0.05, 0) is 65.7 Å². The van der Waals surface area contributed by atoms with Crippen molar-refractivity contribution in [2.75, 3.05) is 0 Å². The first kappa shape index (κ1) is 31.5. The van der Waals surface area contributed by atoms with E-state index in [1.807, 2.05) is 33.8 Å². The van der Waals surface area contributed by atoms with Crippen molar-refractivity contribution in [3.8, 4) is 11.1 Å². The number of hydrogen-bond donors (Lipinski definition) is 0. The Kier molecular flexibility index (Phi) is 9.91. The van der Waals surface area contributed by atoms with Crippen molar-refractivity contribution in [1.29, 1.82) is 0 Å². The van der Waals surface area contributed by atoms with Crippen molar-refractivity contribution in [3.63, 3.8) is 0 Å². The van der Waals surface area contributed by atoms with Gasteiger partial charge in [-0.3, -0.25) is 4.79 Å². The summed E-state index contributed by atoms with van der Waals surface area (Å²) in [7, 11) is -2.86. The maximum Gasteiger partial charge on any atom is 0.309 e. The van der Waals surface area contributed by atoms with Crippen molar-refractivity contribution >= 4 is 24.7 Å². The third kappa shape index (κ3) is 7.48. The van der Waals surface area contributed by atoms with Crippen LogP contribution in [0.4, 0.5) is 0 Å². The van der Waals surface area contributed by atoms with E-state index in [9.17, 15) is 4.79 Å². The van der Waals surface area contributed by atoms with Gasteiger partial charge in [-0.25, -0.2) is 0 Å². The predicted molar refractivity (Wildman–Crippen MR) is 178 cm³/mol. The van der Waals surface area contributed by atoms with Crippen molar-refractivity contribution in [2.45, 2.75) is 78.1 Å². The molecule has 220 valence electrons. The van der Waals surface area contributed by atoms with Gasteiger partial charge in [-0.1, -0.05) is 143 Å². The van der Waals surface area contributed by atoms with Crippen molar-refractivity contribution < 1.29 is 14.0 Å². The molecule has 4 aromatic carbocycles. The second-order valence-corrected chi connectivity index (χ2v) is 17.6. The predicted octanol–water partition coefficient (Wildman–Crippen LogP) is 8.21. The zero-order valence-corrected chi connectivity index (χ0v) is 27.3. The molecule has 0 heterocycles. The zero-order valence-electron chi connectivity index (χ0n) is 26.3. The highest BCUT2D eigenvalue weighted by atomic mass is 28.4. The summed E-state index contributed by atoms with van der Waals surface area (Å²) in [6.07, 6.45) is 1.02. The highest BCUT2D eigenvalue weighted by Crippen LogP contribution is 2.39. The fraction of sp³-hybridized carbons (Fsp3) is 0.342. The van der Waals surface area contributed by atoms with E-state index in [1.54, 1.807) is 0 Å². The van der Waals surface area contributed by atoms with Crippen LogP contribution < -0.4 is 10.4 Å². The molecule has 4 aromatic rings. The lowest BCUT2D eigenvalue weighted by Crippen LogP contribution is -2.68. The molecule has 0 aromatic heterocycles. The number of benzene rings is 4. The first-order chi connectivity index (χ1) is 19.9. The second-order valence-electron chi connectivity index (χ2n) is 13.3. The summed E-state index contributed by atoms with van der Waals surface area (Å²) in [5.41, 5.74) is 3.04. The van der Waals surface area contributed by atoms with Crippen molar-refractivity contribution in [3.05, 3.63) is 121 Å². The van der Waals surface area contributed by atoms with Gasteiger partial charge in [0.25, 0.3) is 8.32 Å². The molecule has 2 atom stereocenters. The van der Waals surface area contributed by atoms with Gasteiger partial charge in [0.05, 0.1) is 12.0 Å². The summed E-state index contributed by atoms with van der Waals surface area (Å²) < 4.78 is 13.5. The Morgan fingerprint density at radius 2 is 1.17 bits per heavy atom. The number of rotatable bonds is 10. The maximum atomic E-state index is 13.3. The monoisotopic (exact) mass is 578 g/mol. The lowest BCUT2D eigenvalue weighted by molar-refractivity contribution is -0.160. The van der Waals surface area contributed by atoms with Crippen LogP contribution in [0.2, 0.25) is 5.04 Å². The van der Waals surface area contributed by atoms with Crippen LogP contribution in [0.3, 0.4) is 0 Å². The van der Waals surface area contributed by atoms with Crippen LogP contribution in [0.15, 0.2) is 115 Å². The Balaban J connectivity index is 1.84. The van der Waals surface area contributed by atoms with E-state index in [0.29, 0.717) is 12.8 Å². The van der Waals surface area contributed by atoms with Crippen molar-refractivity contribution in [2.24, 2.45) is 5.92 Å². The molecular formula is C38H46O3Si. The minimum Gasteiger partial charge on any atom is -0.460 e. The molecule has 0 unspecified atom stereocenters. The summed E-state index contributed by atoms with van der Waals surface area (Å²) in [5.74, 6) is -0.508. The highest BCUT2D eigenvalue weighted by molar-refractivity contribution is 6.99. The van der Waals surface area contributed by atoms with Gasteiger partial charge in [-0.15, -0.1) is 0 Å². The van der Waals surface area contributed by atoms with Gasteiger partial charge in [-0.2, -0.15) is 0 Å². The summed E-state index contributed by atoms with van der Waals surface area (Å²) in [4.78, 5) is 13.3. The summed E-state index contributed by atoms with van der Waals surface area (Å²) in [5, 5.41) is 2.28. The first-order valence-corrected chi connectivity index (χ1v) is 17.0. The Hall–Kier alpha value is -3.47. The lowest BCUT2D eigenvalue weighted by atomic mass is 9.93. The summed E-state index contributed by atoms with van der Waals surface area (Å²) in [6.45, 7) is 14.6. The van der Waals surface area contributed by atoms with E-state index in [0.717, 1.165) is 0 Å². The standard InChI is InChI=1S/C38H46O3Si/c1-29(36(39)40-37(2,3)4)27-32(28-31-21-17-18-26-35(31)30-19-11-8-12-20-30)41-42(38(5,6)7,33-22-13-9-14-23-33)34-24-15-10-16-25-34/h8-26,29,32H,27-28H2,1-7H3/t29-,32-/m1/s1. The van der Waals surface area contributed by atoms with E-state index >= 15 is 0 Å². The minimum absolute atomic E-state index is 0.179. The summed E-state index contributed by atoms with van der Waals surface area (Å²) >= 11 is 0. The van der Waals surface area contributed by atoms with Gasteiger partial charge in [0, 0.05) is 0 Å². The zero-order chi connectivity index (χ0) is 30.4. The molecule has 42 heavy (non-hydrogen) atoms. The normalized spacial score (nSPS) is 13.8. The smallest absolute Gasteiger partial charge is 0.309 e. The number of hydrogen-bond acceptors (Lipinski definition) is 3. The van der Waals surface area contributed by atoms with Crippen molar-refractivity contribution in [1.82, 2.24) is 0 Å². The fourth-order valence-electron chi connectivity index (χ4n) is 5.85.